The molecule has 0 bridgehead atoms. The molecule has 3 heteroatoms. The van der Waals surface area contributed by atoms with Crippen LogP contribution in [0.2, 0.25) is 0 Å². The van der Waals surface area contributed by atoms with Gasteiger partial charge < -0.3 is 10.2 Å². The Balaban J connectivity index is 2.47. The van der Waals surface area contributed by atoms with Crippen molar-refractivity contribution in [1.82, 2.24) is 0 Å². The first-order valence-electron chi connectivity index (χ1n) is 4.74. The molecule has 0 amide bonds. The van der Waals surface area contributed by atoms with Crippen LogP contribution in [0.1, 0.15) is 25.3 Å². The van der Waals surface area contributed by atoms with Gasteiger partial charge in [0.1, 0.15) is 0 Å². The Kier molecular flexibility index (Phi) is 2.00. The zero-order valence-electron chi connectivity index (χ0n) is 8.00. The van der Waals surface area contributed by atoms with Crippen LogP contribution in [-0.4, -0.2) is 16.3 Å². The highest BCUT2D eigenvalue weighted by molar-refractivity contribution is 5.44. The first-order chi connectivity index (χ1) is 6.58. The van der Waals surface area contributed by atoms with Crippen LogP contribution in [0.4, 0.5) is 4.39 Å². The minimum atomic E-state index is -0.616. The highest BCUT2D eigenvalue weighted by Crippen LogP contribution is 2.53. The molecule has 0 spiro atoms. The molecule has 1 saturated carbocycles. The van der Waals surface area contributed by atoms with Gasteiger partial charge in [-0.2, -0.15) is 0 Å². The minimum absolute atomic E-state index is 0.314. The number of phenolic OH excluding ortho intramolecular Hbond substituents is 1. The number of rotatable bonds is 2. The van der Waals surface area contributed by atoms with Crippen LogP contribution in [0, 0.1) is 5.82 Å². The molecule has 0 aromatic heterocycles. The van der Waals surface area contributed by atoms with Crippen LogP contribution in [0.15, 0.2) is 18.2 Å². The second kappa shape index (κ2) is 2.95. The number of aromatic hydroxyl groups is 1. The molecule has 0 aliphatic heterocycles. The second-order valence-electron chi connectivity index (χ2n) is 3.97. The smallest absolute Gasteiger partial charge is 0.165 e. The maximum Gasteiger partial charge on any atom is 0.165 e. The quantitative estimate of drug-likeness (QED) is 0.758. The third-order valence-electron chi connectivity index (χ3n) is 3.11. The number of halogens is 1. The van der Waals surface area contributed by atoms with Gasteiger partial charge in [-0.25, -0.2) is 4.39 Å². The number of para-hydroxylation sites is 1. The highest BCUT2D eigenvalue weighted by Gasteiger charge is 2.50. The molecular formula is C11H13FO2. The molecule has 14 heavy (non-hydrogen) atoms. The lowest BCUT2D eigenvalue weighted by molar-refractivity contribution is 0.148. The van der Waals surface area contributed by atoms with Crippen molar-refractivity contribution in [3.05, 3.63) is 29.6 Å². The van der Waals surface area contributed by atoms with Crippen LogP contribution in [-0.2, 0) is 5.41 Å². The van der Waals surface area contributed by atoms with Crippen molar-refractivity contribution in [2.75, 3.05) is 0 Å². The summed E-state index contributed by atoms with van der Waals surface area (Å²) in [4.78, 5) is 0. The molecular weight excluding hydrogens is 183 g/mol. The van der Waals surface area contributed by atoms with Crippen LogP contribution < -0.4 is 0 Å². The molecule has 1 aromatic carbocycles. The van der Waals surface area contributed by atoms with Gasteiger partial charge >= 0.3 is 0 Å². The number of hydrogen-bond donors (Lipinski definition) is 2. The first kappa shape index (κ1) is 9.46. The summed E-state index contributed by atoms with van der Waals surface area (Å²) in [5.41, 5.74) is 0.124. The number of benzene rings is 1. The molecule has 0 radical (unpaired) electrons. The molecule has 0 saturated heterocycles. The summed E-state index contributed by atoms with van der Waals surface area (Å²) in [5, 5.41) is 19.1. The van der Waals surface area contributed by atoms with Gasteiger partial charge in [0.25, 0.3) is 0 Å². The van der Waals surface area contributed by atoms with Crippen molar-refractivity contribution in [1.29, 1.82) is 0 Å². The topological polar surface area (TPSA) is 40.5 Å². The number of aliphatic hydroxyl groups is 1. The van der Waals surface area contributed by atoms with E-state index in [1.165, 1.54) is 6.07 Å². The van der Waals surface area contributed by atoms with Gasteiger partial charge in [0.05, 0.1) is 6.10 Å². The minimum Gasteiger partial charge on any atom is -0.505 e. The van der Waals surface area contributed by atoms with Gasteiger partial charge in [0.2, 0.25) is 0 Å². The van der Waals surface area contributed by atoms with Gasteiger partial charge in [-0.3, -0.25) is 0 Å². The summed E-state index contributed by atoms with van der Waals surface area (Å²) in [7, 11) is 0. The Morgan fingerprint density at radius 3 is 2.57 bits per heavy atom. The van der Waals surface area contributed by atoms with Crippen molar-refractivity contribution in [3.63, 3.8) is 0 Å². The summed E-state index contributed by atoms with van der Waals surface area (Å²) in [6, 6.07) is 4.46. The van der Waals surface area contributed by atoms with Gasteiger partial charge in [-0.05, 0) is 25.8 Å². The Labute approximate surface area is 82.0 Å². The van der Waals surface area contributed by atoms with Gasteiger partial charge in [0, 0.05) is 11.0 Å². The van der Waals surface area contributed by atoms with E-state index in [9.17, 15) is 14.6 Å². The van der Waals surface area contributed by atoms with Crippen LogP contribution in [0.25, 0.3) is 0 Å². The van der Waals surface area contributed by atoms with E-state index < -0.39 is 17.3 Å². The normalized spacial score (nSPS) is 20.5. The lowest BCUT2D eigenvalue weighted by Gasteiger charge is -2.20. The van der Waals surface area contributed by atoms with Crippen LogP contribution in [0.3, 0.4) is 0 Å². The van der Waals surface area contributed by atoms with Gasteiger partial charge in [0.15, 0.2) is 11.6 Å². The average Bonchev–Trinajstić information content (AvgIpc) is 2.90. The fourth-order valence-electron chi connectivity index (χ4n) is 1.96. The number of phenols is 1. The standard InChI is InChI=1S/C11H13FO2/c1-7(13)11(5-6-11)8-3-2-4-9(12)10(8)14/h2-4,7,13-14H,5-6H2,1H3. The van der Waals surface area contributed by atoms with Gasteiger partial charge in [-0.15, -0.1) is 0 Å². The molecule has 1 unspecified atom stereocenters. The molecule has 1 aromatic rings. The third kappa shape index (κ3) is 1.20. The lowest BCUT2D eigenvalue weighted by atomic mass is 9.90. The predicted octanol–water partition coefficient (Wildman–Crippen LogP) is 1.94. The number of hydrogen-bond acceptors (Lipinski definition) is 2. The van der Waals surface area contributed by atoms with Crippen molar-refractivity contribution < 1.29 is 14.6 Å². The van der Waals surface area contributed by atoms with Crippen molar-refractivity contribution in [3.8, 4) is 5.75 Å². The largest absolute Gasteiger partial charge is 0.505 e. The molecule has 2 rings (SSSR count). The number of aliphatic hydroxyl groups excluding tert-OH is 1. The summed E-state index contributed by atoms with van der Waals surface area (Å²) in [6.45, 7) is 1.68. The average molecular weight is 196 g/mol. The Morgan fingerprint density at radius 2 is 2.07 bits per heavy atom. The van der Waals surface area contributed by atoms with E-state index in [4.69, 9.17) is 0 Å². The van der Waals surface area contributed by atoms with E-state index in [1.54, 1.807) is 19.1 Å². The molecule has 76 valence electrons. The molecule has 1 atom stereocenters. The molecule has 1 aliphatic carbocycles. The van der Waals surface area contributed by atoms with E-state index in [0.717, 1.165) is 12.8 Å². The molecule has 2 N–H and O–H groups in total. The fraction of sp³-hybridized carbons (Fsp3) is 0.455. The van der Waals surface area contributed by atoms with E-state index in [0.29, 0.717) is 5.56 Å². The van der Waals surface area contributed by atoms with Crippen molar-refractivity contribution >= 4 is 0 Å². The third-order valence-corrected chi connectivity index (χ3v) is 3.11. The zero-order valence-corrected chi connectivity index (χ0v) is 8.00. The van der Waals surface area contributed by atoms with Crippen LogP contribution >= 0.6 is 0 Å². The monoisotopic (exact) mass is 196 g/mol. The van der Waals surface area contributed by atoms with Crippen LogP contribution in [0.5, 0.6) is 5.75 Å². The second-order valence-corrected chi connectivity index (χ2v) is 3.97. The highest BCUT2D eigenvalue weighted by atomic mass is 19.1. The van der Waals surface area contributed by atoms with E-state index in [1.807, 2.05) is 0 Å². The Morgan fingerprint density at radius 1 is 1.43 bits per heavy atom. The SMILES string of the molecule is CC(O)C1(c2cccc(F)c2O)CC1. The Bertz CT molecular complexity index is 356. The maximum absolute atomic E-state index is 13.1. The van der Waals surface area contributed by atoms with E-state index in [-0.39, 0.29) is 5.75 Å². The molecule has 2 nitrogen and oxygen atoms in total. The molecule has 1 aliphatic rings. The maximum atomic E-state index is 13.1. The lowest BCUT2D eigenvalue weighted by Crippen LogP contribution is -2.22. The van der Waals surface area contributed by atoms with Crippen molar-refractivity contribution in [2.45, 2.75) is 31.3 Å². The summed E-state index contributed by atoms with van der Waals surface area (Å²) >= 11 is 0. The Hall–Kier alpha value is -1.09. The molecule has 1 fully saturated rings. The molecule has 0 heterocycles. The summed E-state index contributed by atoms with van der Waals surface area (Å²) in [5.74, 6) is -0.930. The van der Waals surface area contributed by atoms with E-state index >= 15 is 0 Å². The van der Waals surface area contributed by atoms with Gasteiger partial charge in [-0.1, -0.05) is 12.1 Å². The summed E-state index contributed by atoms with van der Waals surface area (Å²) < 4.78 is 13.1. The summed E-state index contributed by atoms with van der Waals surface area (Å²) in [6.07, 6.45) is 1.07. The van der Waals surface area contributed by atoms with Crippen molar-refractivity contribution in [2.24, 2.45) is 0 Å². The van der Waals surface area contributed by atoms with E-state index in [2.05, 4.69) is 0 Å². The predicted molar refractivity (Wildman–Crippen MR) is 50.7 cm³/mol. The fourth-order valence-corrected chi connectivity index (χ4v) is 1.96. The first-order valence-corrected chi connectivity index (χ1v) is 4.74. The zero-order chi connectivity index (χ0) is 10.3.